The van der Waals surface area contributed by atoms with Gasteiger partial charge in [0.1, 0.15) is 0 Å². The highest BCUT2D eigenvalue weighted by Crippen LogP contribution is 1.68. The Kier molecular flexibility index (Phi) is 2.45. The van der Waals surface area contributed by atoms with Crippen LogP contribution in [-0.2, 0) is 9.45 Å². The van der Waals surface area contributed by atoms with Crippen molar-refractivity contribution < 1.29 is 13.8 Å². The molecule has 0 atom stereocenters. The van der Waals surface area contributed by atoms with Gasteiger partial charge < -0.3 is 4.65 Å². The SMILES string of the molecule is CC(=O)O[B]F. The molecule has 0 spiro atoms. The van der Waals surface area contributed by atoms with E-state index >= 15 is 0 Å². The van der Waals surface area contributed by atoms with Crippen molar-refractivity contribution in [2.24, 2.45) is 0 Å². The number of carbonyl (C=O) groups is 1. The Labute approximate surface area is 35.6 Å². The fourth-order valence-corrected chi connectivity index (χ4v) is 0.0627. The standard InChI is InChI=1S/C2H3BFO2/c1-2(5)6-3-4/h1H3. The maximum Gasteiger partial charge on any atom is 0.617 e. The van der Waals surface area contributed by atoms with Gasteiger partial charge in [0.15, 0.2) is 0 Å². The van der Waals surface area contributed by atoms with Gasteiger partial charge in [0.25, 0.3) is 5.97 Å². The molecule has 0 bridgehead atoms. The van der Waals surface area contributed by atoms with E-state index in [-0.39, 0.29) is 7.76 Å². The average Bonchev–Trinajstić information content (AvgIpc) is 1.35. The average molecular weight is 88.9 g/mol. The van der Waals surface area contributed by atoms with Crippen molar-refractivity contribution >= 4 is 13.7 Å². The summed E-state index contributed by atoms with van der Waals surface area (Å²) in [7, 11) is -0.150. The van der Waals surface area contributed by atoms with Crippen LogP contribution in [0.1, 0.15) is 6.92 Å². The predicted octanol–water partition coefficient (Wildman–Crippen LogP) is 0.0532. The van der Waals surface area contributed by atoms with Crippen molar-refractivity contribution in [1.82, 2.24) is 0 Å². The van der Waals surface area contributed by atoms with E-state index in [0.29, 0.717) is 0 Å². The second-order valence-electron chi connectivity index (χ2n) is 0.699. The maximum atomic E-state index is 10.7. The lowest BCUT2D eigenvalue weighted by molar-refractivity contribution is -0.132. The van der Waals surface area contributed by atoms with E-state index < -0.39 is 5.97 Å². The molecule has 0 rings (SSSR count). The number of hydrogen-bond donors (Lipinski definition) is 0. The first-order valence-electron chi connectivity index (χ1n) is 1.36. The minimum absolute atomic E-state index is 0.150. The molecule has 2 nitrogen and oxygen atoms in total. The van der Waals surface area contributed by atoms with Crippen LogP contribution in [0.25, 0.3) is 0 Å². The molecule has 0 heterocycles. The molecule has 4 heteroatoms. The van der Waals surface area contributed by atoms with Crippen LogP contribution >= 0.6 is 0 Å². The Morgan fingerprint density at radius 3 is 2.50 bits per heavy atom. The molecule has 0 amide bonds. The molecule has 0 aliphatic rings. The fourth-order valence-electron chi connectivity index (χ4n) is 0.0627. The maximum absolute atomic E-state index is 10.7. The molecule has 0 saturated heterocycles. The van der Waals surface area contributed by atoms with Gasteiger partial charge in [0.2, 0.25) is 0 Å². The van der Waals surface area contributed by atoms with E-state index in [1.807, 2.05) is 0 Å². The van der Waals surface area contributed by atoms with E-state index in [9.17, 15) is 9.11 Å². The van der Waals surface area contributed by atoms with Crippen LogP contribution in [0.4, 0.5) is 4.32 Å². The Hall–Kier alpha value is -0.535. The van der Waals surface area contributed by atoms with Gasteiger partial charge in [0.05, 0.1) is 0 Å². The number of rotatable bonds is 1. The van der Waals surface area contributed by atoms with Crippen LogP contribution in [0.2, 0.25) is 0 Å². The molecule has 0 aliphatic heterocycles. The van der Waals surface area contributed by atoms with Crippen molar-refractivity contribution in [1.29, 1.82) is 0 Å². The molecule has 0 N–H and O–H groups in total. The summed E-state index contributed by atoms with van der Waals surface area (Å²) in [4.78, 5) is 9.55. The van der Waals surface area contributed by atoms with Crippen LogP contribution < -0.4 is 0 Å². The van der Waals surface area contributed by atoms with Gasteiger partial charge in [-0.1, -0.05) is 0 Å². The monoisotopic (exact) mass is 89.0 g/mol. The largest absolute Gasteiger partial charge is 0.617 e. The van der Waals surface area contributed by atoms with Crippen molar-refractivity contribution in [3.63, 3.8) is 0 Å². The lowest BCUT2D eigenvalue weighted by Crippen LogP contribution is -1.97. The summed E-state index contributed by atoms with van der Waals surface area (Å²) in [5.41, 5.74) is 0. The zero-order chi connectivity index (χ0) is 4.99. The third-order valence-corrected chi connectivity index (χ3v) is 0.211. The third kappa shape index (κ3) is 3.46. The molecule has 0 unspecified atom stereocenters. The molecule has 0 aromatic carbocycles. The smallest absolute Gasteiger partial charge is 0.508 e. The predicted molar refractivity (Wildman–Crippen MR) is 18.6 cm³/mol. The summed E-state index contributed by atoms with van der Waals surface area (Å²) in [5.74, 6) is -0.641. The number of carbonyl (C=O) groups excluding carboxylic acids is 1. The summed E-state index contributed by atoms with van der Waals surface area (Å²) in [6, 6.07) is 0. The quantitative estimate of drug-likeness (QED) is 0.424. The lowest BCUT2D eigenvalue weighted by Gasteiger charge is -1.84. The summed E-state index contributed by atoms with van der Waals surface area (Å²) in [6.45, 7) is 1.12. The van der Waals surface area contributed by atoms with Gasteiger partial charge in [-0.3, -0.25) is 9.11 Å². The molecular weight excluding hydrogens is 85.8 g/mol. The van der Waals surface area contributed by atoms with Gasteiger partial charge >= 0.3 is 7.76 Å². The first-order chi connectivity index (χ1) is 2.77. The lowest BCUT2D eigenvalue weighted by atomic mass is 10.5. The van der Waals surface area contributed by atoms with Gasteiger partial charge in [-0.25, -0.2) is 0 Å². The molecule has 0 saturated carbocycles. The van der Waals surface area contributed by atoms with Gasteiger partial charge in [-0.05, 0) is 0 Å². The normalized spacial score (nSPS) is 7.00. The molecule has 33 valence electrons. The molecule has 6 heavy (non-hydrogen) atoms. The second-order valence-corrected chi connectivity index (χ2v) is 0.699. The molecule has 0 aromatic heterocycles. The van der Waals surface area contributed by atoms with Gasteiger partial charge in [0, 0.05) is 6.92 Å². The van der Waals surface area contributed by atoms with Crippen molar-refractivity contribution in [2.45, 2.75) is 6.92 Å². The highest BCUT2D eigenvalue weighted by atomic mass is 19.1. The second kappa shape index (κ2) is 2.69. The Morgan fingerprint density at radius 2 is 2.50 bits per heavy atom. The van der Waals surface area contributed by atoms with Crippen molar-refractivity contribution in [3.05, 3.63) is 0 Å². The highest BCUT2D eigenvalue weighted by Gasteiger charge is 1.90. The zero-order valence-electron chi connectivity index (χ0n) is 3.27. The molecule has 1 radical (unpaired) electrons. The van der Waals surface area contributed by atoms with E-state index in [1.165, 1.54) is 0 Å². The van der Waals surface area contributed by atoms with Crippen LogP contribution in [-0.4, -0.2) is 13.7 Å². The summed E-state index contributed by atoms with van der Waals surface area (Å²) in [6.07, 6.45) is 0. The zero-order valence-corrected chi connectivity index (χ0v) is 3.27. The molecule has 0 aliphatic carbocycles. The van der Waals surface area contributed by atoms with Crippen LogP contribution in [0.3, 0.4) is 0 Å². The summed E-state index contributed by atoms with van der Waals surface area (Å²) in [5, 5.41) is 0. The van der Waals surface area contributed by atoms with Gasteiger partial charge in [-0.15, -0.1) is 0 Å². The number of hydrogen-bond acceptors (Lipinski definition) is 2. The first kappa shape index (κ1) is 5.46. The third-order valence-electron chi connectivity index (χ3n) is 0.211. The number of halogens is 1. The first-order valence-corrected chi connectivity index (χ1v) is 1.36. The van der Waals surface area contributed by atoms with E-state index in [1.54, 1.807) is 0 Å². The minimum atomic E-state index is -0.641. The Bertz CT molecular complexity index is 55.5. The molecule has 0 aromatic rings. The fraction of sp³-hybridized carbons (Fsp3) is 0.500. The van der Waals surface area contributed by atoms with E-state index in [0.717, 1.165) is 6.92 Å². The van der Waals surface area contributed by atoms with Crippen LogP contribution in [0.15, 0.2) is 0 Å². The van der Waals surface area contributed by atoms with Crippen molar-refractivity contribution in [3.8, 4) is 0 Å². The van der Waals surface area contributed by atoms with E-state index in [4.69, 9.17) is 0 Å². The minimum Gasteiger partial charge on any atom is -0.508 e. The Balaban J connectivity index is 2.83. The van der Waals surface area contributed by atoms with Crippen LogP contribution in [0.5, 0.6) is 0 Å². The van der Waals surface area contributed by atoms with Crippen LogP contribution in [0, 0.1) is 0 Å². The molecule has 0 fully saturated rings. The van der Waals surface area contributed by atoms with Crippen molar-refractivity contribution in [2.75, 3.05) is 0 Å². The highest BCUT2D eigenvalue weighted by molar-refractivity contribution is 6.21. The summed E-state index contributed by atoms with van der Waals surface area (Å²) >= 11 is 0. The van der Waals surface area contributed by atoms with E-state index in [2.05, 4.69) is 4.65 Å². The summed E-state index contributed by atoms with van der Waals surface area (Å²) < 4.78 is 14.3. The topological polar surface area (TPSA) is 26.3 Å². The van der Waals surface area contributed by atoms with Gasteiger partial charge in [-0.2, -0.15) is 0 Å². The Morgan fingerprint density at radius 1 is 2.00 bits per heavy atom. The molecular formula is C2H3BFO2.